The van der Waals surface area contributed by atoms with Gasteiger partial charge in [0, 0.05) is 49.6 Å². The van der Waals surface area contributed by atoms with Crippen LogP contribution < -0.4 is 5.32 Å². The maximum atomic E-state index is 13.2. The van der Waals surface area contributed by atoms with Crippen molar-refractivity contribution in [2.75, 3.05) is 38.0 Å². The first-order valence-electron chi connectivity index (χ1n) is 6.48. The molecule has 0 aliphatic rings. The Morgan fingerprint density at radius 1 is 1.55 bits per heavy atom. The summed E-state index contributed by atoms with van der Waals surface area (Å²) >= 11 is 0. The lowest BCUT2D eigenvalue weighted by atomic mass is 10.1. The second-order valence-electron chi connectivity index (χ2n) is 4.79. The SMILES string of the molecule is C=C(c1ccc(F)cc1NC)N(C)CC=S(C)(=O)CC. The van der Waals surface area contributed by atoms with Gasteiger partial charge in [0.2, 0.25) is 0 Å². The van der Waals surface area contributed by atoms with Gasteiger partial charge < -0.3 is 10.2 Å². The molecule has 3 nitrogen and oxygen atoms in total. The fourth-order valence-electron chi connectivity index (χ4n) is 1.68. The molecule has 1 unspecified atom stereocenters. The molecule has 0 aliphatic heterocycles. The fourth-order valence-corrected chi connectivity index (χ4v) is 2.45. The summed E-state index contributed by atoms with van der Waals surface area (Å²) in [6, 6.07) is 4.55. The van der Waals surface area contributed by atoms with E-state index >= 15 is 0 Å². The van der Waals surface area contributed by atoms with E-state index in [0.29, 0.717) is 18.0 Å². The third kappa shape index (κ3) is 4.27. The zero-order chi connectivity index (χ0) is 15.3. The molecule has 1 atom stereocenters. The van der Waals surface area contributed by atoms with Crippen LogP contribution in [0.15, 0.2) is 24.8 Å². The lowest BCUT2D eigenvalue weighted by molar-refractivity contribution is 0.558. The van der Waals surface area contributed by atoms with Crippen LogP contribution in [0, 0.1) is 5.82 Å². The molecule has 112 valence electrons. The molecule has 5 heteroatoms. The Balaban J connectivity index is 2.96. The molecule has 0 saturated heterocycles. The highest BCUT2D eigenvalue weighted by atomic mass is 32.2. The van der Waals surface area contributed by atoms with Crippen molar-refractivity contribution in [3.63, 3.8) is 0 Å². The quantitative estimate of drug-likeness (QED) is 0.819. The van der Waals surface area contributed by atoms with Gasteiger partial charge in [-0.05, 0) is 33.1 Å². The minimum atomic E-state index is -1.89. The van der Waals surface area contributed by atoms with Gasteiger partial charge in [-0.15, -0.1) is 0 Å². The minimum Gasteiger partial charge on any atom is -0.387 e. The Morgan fingerprint density at radius 3 is 2.75 bits per heavy atom. The number of rotatable bonds is 6. The van der Waals surface area contributed by atoms with Gasteiger partial charge in [0.05, 0.1) is 0 Å². The maximum Gasteiger partial charge on any atom is 0.125 e. The summed E-state index contributed by atoms with van der Waals surface area (Å²) in [5.41, 5.74) is 2.29. The Labute approximate surface area is 121 Å². The van der Waals surface area contributed by atoms with Gasteiger partial charge in [-0.25, -0.2) is 4.39 Å². The van der Waals surface area contributed by atoms with Gasteiger partial charge in [0.15, 0.2) is 0 Å². The van der Waals surface area contributed by atoms with E-state index in [1.165, 1.54) is 12.1 Å². The van der Waals surface area contributed by atoms with Gasteiger partial charge in [-0.2, -0.15) is 0 Å². The zero-order valence-electron chi connectivity index (χ0n) is 12.6. The summed E-state index contributed by atoms with van der Waals surface area (Å²) in [6.07, 6.45) is 1.75. The molecule has 20 heavy (non-hydrogen) atoms. The Bertz CT molecular complexity index is 604. The normalized spacial score (nSPS) is 13.4. The van der Waals surface area contributed by atoms with Crippen LogP contribution in [0.4, 0.5) is 10.1 Å². The molecule has 0 amide bonds. The average molecular weight is 298 g/mol. The molecule has 0 aliphatic carbocycles. The molecule has 0 heterocycles. The maximum absolute atomic E-state index is 13.2. The summed E-state index contributed by atoms with van der Waals surface area (Å²) < 4.78 is 25.2. The average Bonchev–Trinajstić information content (AvgIpc) is 2.43. The highest BCUT2D eigenvalue weighted by molar-refractivity contribution is 8.00. The topological polar surface area (TPSA) is 32.3 Å². The number of nitrogens with zero attached hydrogens (tertiary/aromatic N) is 1. The largest absolute Gasteiger partial charge is 0.387 e. The van der Waals surface area contributed by atoms with Crippen LogP contribution in [-0.4, -0.2) is 47.1 Å². The van der Waals surface area contributed by atoms with Crippen molar-refractivity contribution >= 4 is 26.3 Å². The zero-order valence-corrected chi connectivity index (χ0v) is 13.4. The van der Waals surface area contributed by atoms with E-state index in [2.05, 4.69) is 11.9 Å². The van der Waals surface area contributed by atoms with Crippen LogP contribution in [0.1, 0.15) is 12.5 Å². The Morgan fingerprint density at radius 2 is 2.20 bits per heavy atom. The molecule has 1 aromatic rings. The van der Waals surface area contributed by atoms with E-state index in [4.69, 9.17) is 0 Å². The summed E-state index contributed by atoms with van der Waals surface area (Å²) in [4.78, 5) is 1.91. The smallest absolute Gasteiger partial charge is 0.125 e. The van der Waals surface area contributed by atoms with Crippen molar-refractivity contribution in [1.82, 2.24) is 4.90 Å². The van der Waals surface area contributed by atoms with Crippen molar-refractivity contribution < 1.29 is 8.60 Å². The second kappa shape index (κ2) is 6.79. The lowest BCUT2D eigenvalue weighted by Crippen LogP contribution is -2.22. The molecule has 1 N–H and O–H groups in total. The lowest BCUT2D eigenvalue weighted by Gasteiger charge is -2.22. The molecule has 0 spiro atoms. The fraction of sp³-hybridized carbons (Fsp3) is 0.400. The van der Waals surface area contributed by atoms with E-state index in [0.717, 1.165) is 11.3 Å². The van der Waals surface area contributed by atoms with E-state index in [9.17, 15) is 8.60 Å². The van der Waals surface area contributed by atoms with Gasteiger partial charge in [0.1, 0.15) is 5.82 Å². The van der Waals surface area contributed by atoms with Gasteiger partial charge in [-0.1, -0.05) is 13.5 Å². The van der Waals surface area contributed by atoms with Crippen molar-refractivity contribution in [1.29, 1.82) is 0 Å². The minimum absolute atomic E-state index is 0.289. The van der Waals surface area contributed by atoms with Gasteiger partial charge in [0.25, 0.3) is 0 Å². The molecular weight excluding hydrogens is 275 g/mol. The van der Waals surface area contributed by atoms with Gasteiger partial charge >= 0.3 is 0 Å². The first kappa shape index (κ1) is 16.6. The van der Waals surface area contributed by atoms with Crippen molar-refractivity contribution in [2.24, 2.45) is 0 Å². The standard InChI is InChI=1S/C15H23FN2OS/c1-6-20(5,19)10-9-18(4)12(2)14-8-7-13(16)11-15(14)17-3/h7-8,10-11,17H,2,6,9H2,1,3-5H3. The highest BCUT2D eigenvalue weighted by Crippen LogP contribution is 2.25. The third-order valence-corrected chi connectivity index (χ3v) is 5.30. The van der Waals surface area contributed by atoms with E-state index in [1.807, 2.05) is 24.2 Å². The predicted molar refractivity (Wildman–Crippen MR) is 88.3 cm³/mol. The first-order chi connectivity index (χ1) is 9.30. The second-order valence-corrected chi connectivity index (χ2v) is 7.85. The Kier molecular flexibility index (Phi) is 5.62. The molecular formula is C15H23FN2OS. The third-order valence-electron chi connectivity index (χ3n) is 3.30. The van der Waals surface area contributed by atoms with Crippen LogP contribution in [0.3, 0.4) is 0 Å². The summed E-state index contributed by atoms with van der Waals surface area (Å²) in [5.74, 6) is 0.341. The number of benzene rings is 1. The molecule has 0 saturated carbocycles. The van der Waals surface area contributed by atoms with Crippen LogP contribution in [0.2, 0.25) is 0 Å². The number of hydrogen-bond acceptors (Lipinski definition) is 3. The number of anilines is 1. The van der Waals surface area contributed by atoms with E-state index in [-0.39, 0.29) is 5.82 Å². The van der Waals surface area contributed by atoms with Crippen molar-refractivity contribution in [3.05, 3.63) is 36.2 Å². The van der Waals surface area contributed by atoms with Crippen LogP contribution in [0.5, 0.6) is 0 Å². The van der Waals surface area contributed by atoms with Crippen LogP contribution in [0.25, 0.3) is 5.70 Å². The molecule has 1 rings (SSSR count). The van der Waals surface area contributed by atoms with Crippen molar-refractivity contribution in [3.8, 4) is 0 Å². The van der Waals surface area contributed by atoms with Crippen LogP contribution in [-0.2, 0) is 9.52 Å². The molecule has 1 aromatic carbocycles. The first-order valence-corrected chi connectivity index (χ1v) is 8.68. The summed E-state index contributed by atoms with van der Waals surface area (Å²) in [6.45, 7) is 6.49. The molecule has 0 radical (unpaired) electrons. The van der Waals surface area contributed by atoms with Crippen molar-refractivity contribution in [2.45, 2.75) is 6.92 Å². The monoisotopic (exact) mass is 298 g/mol. The number of halogens is 1. The number of hydrogen-bond donors (Lipinski definition) is 1. The number of nitrogens with one attached hydrogen (secondary N) is 1. The highest BCUT2D eigenvalue weighted by Gasteiger charge is 2.10. The molecule has 0 fully saturated rings. The summed E-state index contributed by atoms with van der Waals surface area (Å²) in [7, 11) is 1.74. The summed E-state index contributed by atoms with van der Waals surface area (Å²) in [5, 5.41) is 4.78. The van der Waals surface area contributed by atoms with Crippen LogP contribution >= 0.6 is 0 Å². The molecule has 0 bridgehead atoms. The van der Waals surface area contributed by atoms with E-state index in [1.54, 1.807) is 19.4 Å². The van der Waals surface area contributed by atoms with Gasteiger partial charge in [-0.3, -0.25) is 4.21 Å². The van der Waals surface area contributed by atoms with E-state index < -0.39 is 9.52 Å². The Hall–Kier alpha value is -1.49. The predicted octanol–water partition coefficient (Wildman–Crippen LogP) is 2.51. The molecule has 0 aromatic heterocycles.